The van der Waals surface area contributed by atoms with Crippen molar-refractivity contribution in [2.24, 2.45) is 5.41 Å². The summed E-state index contributed by atoms with van der Waals surface area (Å²) in [5.41, 5.74) is 3.12. The summed E-state index contributed by atoms with van der Waals surface area (Å²) in [6.07, 6.45) is 5.65. The molecule has 0 radical (unpaired) electrons. The standard InChI is InChI=1S/C16H17NO/c1-16(2)8-7-12(15(18)9-16)13-10-17-14-6-4-3-5-11(13)14/h3-7,10,17H,8-9H2,1-2H3. The fourth-order valence-electron chi connectivity index (χ4n) is 2.65. The Morgan fingerprint density at radius 3 is 2.78 bits per heavy atom. The maximum Gasteiger partial charge on any atom is 0.163 e. The van der Waals surface area contributed by atoms with Crippen LogP contribution in [0.25, 0.3) is 16.5 Å². The lowest BCUT2D eigenvalue weighted by atomic mass is 9.76. The summed E-state index contributed by atoms with van der Waals surface area (Å²) in [7, 11) is 0. The van der Waals surface area contributed by atoms with Crippen LogP contribution in [0.5, 0.6) is 0 Å². The molecule has 2 aromatic rings. The molecule has 0 fully saturated rings. The summed E-state index contributed by atoms with van der Waals surface area (Å²) in [4.78, 5) is 15.5. The van der Waals surface area contributed by atoms with Crippen LogP contribution < -0.4 is 0 Å². The largest absolute Gasteiger partial charge is 0.361 e. The number of hydrogen-bond acceptors (Lipinski definition) is 1. The van der Waals surface area contributed by atoms with Gasteiger partial charge in [-0.1, -0.05) is 38.1 Å². The van der Waals surface area contributed by atoms with Gasteiger partial charge < -0.3 is 4.98 Å². The van der Waals surface area contributed by atoms with Crippen LogP contribution >= 0.6 is 0 Å². The van der Waals surface area contributed by atoms with Gasteiger partial charge in [0.2, 0.25) is 0 Å². The number of aromatic amines is 1. The van der Waals surface area contributed by atoms with Crippen LogP contribution in [-0.2, 0) is 4.79 Å². The molecule has 0 aliphatic heterocycles. The number of Topliss-reactive ketones (excluding diaryl/α,β-unsaturated/α-hetero) is 1. The van der Waals surface area contributed by atoms with Crippen LogP contribution in [0, 0.1) is 5.41 Å². The van der Waals surface area contributed by atoms with Gasteiger partial charge in [-0.05, 0) is 17.9 Å². The molecule has 2 nitrogen and oxygen atoms in total. The molecule has 1 N–H and O–H groups in total. The molecule has 1 aromatic heterocycles. The number of rotatable bonds is 1. The van der Waals surface area contributed by atoms with E-state index in [0.29, 0.717) is 6.42 Å². The van der Waals surface area contributed by atoms with Crippen molar-refractivity contribution in [2.75, 3.05) is 0 Å². The van der Waals surface area contributed by atoms with E-state index >= 15 is 0 Å². The highest BCUT2D eigenvalue weighted by Gasteiger charge is 2.29. The molecule has 2 heteroatoms. The van der Waals surface area contributed by atoms with Crippen molar-refractivity contribution in [3.8, 4) is 0 Å². The van der Waals surface area contributed by atoms with E-state index in [2.05, 4.69) is 31.0 Å². The van der Waals surface area contributed by atoms with Crippen molar-refractivity contribution in [2.45, 2.75) is 26.7 Å². The molecule has 0 saturated carbocycles. The fourth-order valence-corrected chi connectivity index (χ4v) is 2.65. The Bertz CT molecular complexity index is 646. The van der Waals surface area contributed by atoms with Gasteiger partial charge in [-0.2, -0.15) is 0 Å². The third-order valence-electron chi connectivity index (χ3n) is 3.68. The van der Waals surface area contributed by atoms with Gasteiger partial charge in [-0.25, -0.2) is 0 Å². The summed E-state index contributed by atoms with van der Waals surface area (Å²) in [6.45, 7) is 4.29. The first-order chi connectivity index (χ1) is 8.57. The molecule has 0 spiro atoms. The lowest BCUT2D eigenvalue weighted by Crippen LogP contribution is -2.21. The highest BCUT2D eigenvalue weighted by Crippen LogP contribution is 2.37. The Labute approximate surface area is 107 Å². The van der Waals surface area contributed by atoms with Gasteiger partial charge in [0.1, 0.15) is 0 Å². The van der Waals surface area contributed by atoms with Crippen molar-refractivity contribution in [3.63, 3.8) is 0 Å². The maximum atomic E-state index is 12.3. The van der Waals surface area contributed by atoms with Gasteiger partial charge >= 0.3 is 0 Å². The highest BCUT2D eigenvalue weighted by atomic mass is 16.1. The molecule has 0 unspecified atom stereocenters. The molecule has 92 valence electrons. The average Bonchev–Trinajstić information content (AvgIpc) is 2.72. The Balaban J connectivity index is 2.11. The first-order valence-corrected chi connectivity index (χ1v) is 6.37. The monoisotopic (exact) mass is 239 g/mol. The zero-order valence-electron chi connectivity index (χ0n) is 10.8. The summed E-state index contributed by atoms with van der Waals surface area (Å²) < 4.78 is 0. The quantitative estimate of drug-likeness (QED) is 0.803. The molecule has 3 rings (SSSR count). The van der Waals surface area contributed by atoms with Crippen molar-refractivity contribution in [1.82, 2.24) is 4.98 Å². The van der Waals surface area contributed by atoms with E-state index in [0.717, 1.165) is 28.5 Å². The topological polar surface area (TPSA) is 32.9 Å². The van der Waals surface area contributed by atoms with E-state index in [1.807, 2.05) is 24.4 Å². The van der Waals surface area contributed by atoms with E-state index < -0.39 is 0 Å². The Kier molecular flexibility index (Phi) is 2.40. The van der Waals surface area contributed by atoms with Crippen molar-refractivity contribution in [3.05, 3.63) is 42.1 Å². The van der Waals surface area contributed by atoms with Gasteiger partial charge in [0.05, 0.1) is 0 Å². The minimum absolute atomic E-state index is 0.104. The Morgan fingerprint density at radius 2 is 2.00 bits per heavy atom. The molecule has 1 aliphatic carbocycles. The zero-order chi connectivity index (χ0) is 12.8. The van der Waals surface area contributed by atoms with Crippen LogP contribution in [0.3, 0.4) is 0 Å². The van der Waals surface area contributed by atoms with E-state index in [4.69, 9.17) is 0 Å². The van der Waals surface area contributed by atoms with E-state index in [-0.39, 0.29) is 11.2 Å². The average molecular weight is 239 g/mol. The van der Waals surface area contributed by atoms with Crippen LogP contribution in [-0.4, -0.2) is 10.8 Å². The minimum atomic E-state index is 0.104. The molecule has 0 saturated heterocycles. The van der Waals surface area contributed by atoms with Crippen molar-refractivity contribution >= 4 is 22.3 Å². The van der Waals surface area contributed by atoms with Crippen LogP contribution in [0.1, 0.15) is 32.3 Å². The first kappa shape index (κ1) is 11.3. The third kappa shape index (κ3) is 1.78. The van der Waals surface area contributed by atoms with Crippen LogP contribution in [0.15, 0.2) is 36.5 Å². The molecular weight excluding hydrogens is 222 g/mol. The number of benzene rings is 1. The minimum Gasteiger partial charge on any atom is -0.361 e. The lowest BCUT2D eigenvalue weighted by Gasteiger charge is -2.27. The number of aromatic nitrogens is 1. The summed E-state index contributed by atoms with van der Waals surface area (Å²) >= 11 is 0. The number of hydrogen-bond donors (Lipinski definition) is 1. The fraction of sp³-hybridized carbons (Fsp3) is 0.312. The molecule has 1 aromatic carbocycles. The summed E-state index contributed by atoms with van der Waals surface area (Å²) in [5, 5.41) is 1.14. The van der Waals surface area contributed by atoms with E-state index in [9.17, 15) is 4.79 Å². The number of carbonyl (C=O) groups is 1. The number of para-hydroxylation sites is 1. The van der Waals surface area contributed by atoms with Gasteiger partial charge in [0, 0.05) is 34.7 Å². The molecule has 0 bridgehead atoms. The maximum absolute atomic E-state index is 12.3. The van der Waals surface area contributed by atoms with Crippen LogP contribution in [0.2, 0.25) is 0 Å². The van der Waals surface area contributed by atoms with E-state index in [1.165, 1.54) is 0 Å². The number of carbonyl (C=O) groups excluding carboxylic acids is 1. The SMILES string of the molecule is CC1(C)CC=C(c2c[nH]c3ccccc23)C(=O)C1. The second-order valence-electron chi connectivity index (χ2n) is 5.83. The Hall–Kier alpha value is -1.83. The molecule has 1 heterocycles. The second-order valence-corrected chi connectivity index (χ2v) is 5.83. The third-order valence-corrected chi connectivity index (χ3v) is 3.68. The number of nitrogens with one attached hydrogen (secondary N) is 1. The normalized spacial score (nSPS) is 19.0. The number of ketones is 1. The number of H-pyrrole nitrogens is 1. The van der Waals surface area contributed by atoms with Gasteiger partial charge in [-0.15, -0.1) is 0 Å². The number of fused-ring (bicyclic) bond motifs is 1. The molecule has 0 atom stereocenters. The van der Waals surface area contributed by atoms with Crippen molar-refractivity contribution < 1.29 is 4.79 Å². The van der Waals surface area contributed by atoms with Crippen LogP contribution in [0.4, 0.5) is 0 Å². The van der Waals surface area contributed by atoms with Gasteiger partial charge in [0.25, 0.3) is 0 Å². The predicted molar refractivity (Wildman–Crippen MR) is 74.3 cm³/mol. The molecule has 1 aliphatic rings. The summed E-state index contributed by atoms with van der Waals surface area (Å²) in [6, 6.07) is 8.12. The lowest BCUT2D eigenvalue weighted by molar-refractivity contribution is -0.115. The van der Waals surface area contributed by atoms with E-state index in [1.54, 1.807) is 0 Å². The van der Waals surface area contributed by atoms with Gasteiger partial charge in [-0.3, -0.25) is 4.79 Å². The van der Waals surface area contributed by atoms with Gasteiger partial charge in [0.15, 0.2) is 5.78 Å². The first-order valence-electron chi connectivity index (χ1n) is 6.37. The van der Waals surface area contributed by atoms with Crippen molar-refractivity contribution in [1.29, 1.82) is 0 Å². The predicted octanol–water partition coefficient (Wildman–Crippen LogP) is 3.94. The number of allylic oxidation sites excluding steroid dienone is 2. The molecule has 18 heavy (non-hydrogen) atoms. The molecule has 0 amide bonds. The molecular formula is C16H17NO. The summed E-state index contributed by atoms with van der Waals surface area (Å²) in [5.74, 6) is 0.260. The zero-order valence-corrected chi connectivity index (χ0v) is 10.8. The Morgan fingerprint density at radius 1 is 1.22 bits per heavy atom. The highest BCUT2D eigenvalue weighted by molar-refractivity contribution is 6.24. The smallest absolute Gasteiger partial charge is 0.163 e. The second kappa shape index (κ2) is 3.84.